The smallest absolute Gasteiger partial charge is 0.238 e. The van der Waals surface area contributed by atoms with E-state index in [2.05, 4.69) is 12.2 Å². The Morgan fingerprint density at radius 2 is 1.68 bits per heavy atom. The first kappa shape index (κ1) is 13.8. The molecule has 22 heavy (non-hydrogen) atoms. The molecule has 4 aliphatic rings. The standard InChI is InChI=1S/C17H16ClNO3/c1-22-13-7-6-11(8-12(13)18)19-16(20)14-9-2-3-10(5-4-9)15(14)17(19)21/h2-3,6-10,14-15H,4-5H2,1H3. The third-order valence-corrected chi connectivity index (χ3v) is 5.45. The summed E-state index contributed by atoms with van der Waals surface area (Å²) in [6.45, 7) is 0. The van der Waals surface area contributed by atoms with Crippen molar-refractivity contribution in [3.63, 3.8) is 0 Å². The van der Waals surface area contributed by atoms with E-state index in [1.165, 1.54) is 12.0 Å². The van der Waals surface area contributed by atoms with Crippen molar-refractivity contribution in [3.05, 3.63) is 35.4 Å². The lowest BCUT2D eigenvalue weighted by Crippen LogP contribution is -2.38. The van der Waals surface area contributed by atoms with Gasteiger partial charge < -0.3 is 4.74 Å². The Morgan fingerprint density at radius 3 is 2.14 bits per heavy atom. The van der Waals surface area contributed by atoms with Gasteiger partial charge in [-0.1, -0.05) is 23.8 Å². The fourth-order valence-corrected chi connectivity index (χ4v) is 4.37. The van der Waals surface area contributed by atoms with E-state index in [-0.39, 0.29) is 35.5 Å². The molecule has 2 bridgehead atoms. The summed E-state index contributed by atoms with van der Waals surface area (Å²) in [5, 5.41) is 0.400. The number of nitrogens with zero attached hydrogens (tertiary/aromatic N) is 1. The third kappa shape index (κ3) is 1.76. The molecule has 0 N–H and O–H groups in total. The van der Waals surface area contributed by atoms with Gasteiger partial charge in [-0.2, -0.15) is 0 Å². The van der Waals surface area contributed by atoms with E-state index >= 15 is 0 Å². The van der Waals surface area contributed by atoms with Crippen LogP contribution in [-0.4, -0.2) is 18.9 Å². The van der Waals surface area contributed by atoms with Gasteiger partial charge in [-0.25, -0.2) is 4.90 Å². The Labute approximate surface area is 133 Å². The van der Waals surface area contributed by atoms with E-state index in [9.17, 15) is 9.59 Å². The van der Waals surface area contributed by atoms with Crippen LogP contribution in [0.15, 0.2) is 30.4 Å². The lowest BCUT2D eigenvalue weighted by molar-refractivity contribution is -0.124. The average Bonchev–Trinajstić information content (AvgIpc) is 2.82. The van der Waals surface area contributed by atoms with E-state index in [0.29, 0.717) is 16.5 Å². The molecule has 1 aliphatic heterocycles. The minimum Gasteiger partial charge on any atom is -0.495 e. The summed E-state index contributed by atoms with van der Waals surface area (Å²) in [6.07, 6.45) is 6.23. The number of carbonyl (C=O) groups is 2. The van der Waals surface area contributed by atoms with Gasteiger partial charge in [0.15, 0.2) is 0 Å². The van der Waals surface area contributed by atoms with Crippen LogP contribution < -0.4 is 9.64 Å². The number of benzene rings is 1. The number of hydrogen-bond donors (Lipinski definition) is 0. The fraction of sp³-hybridized carbons (Fsp3) is 0.412. The maximum atomic E-state index is 12.8. The highest BCUT2D eigenvalue weighted by Gasteiger charge is 2.56. The fourth-order valence-electron chi connectivity index (χ4n) is 4.12. The summed E-state index contributed by atoms with van der Waals surface area (Å²) in [4.78, 5) is 26.9. The van der Waals surface area contributed by atoms with E-state index in [4.69, 9.17) is 16.3 Å². The average molecular weight is 318 g/mol. The molecule has 2 fully saturated rings. The summed E-state index contributed by atoms with van der Waals surface area (Å²) in [6, 6.07) is 5.03. The number of imide groups is 1. The predicted molar refractivity (Wildman–Crippen MR) is 82.8 cm³/mol. The zero-order valence-electron chi connectivity index (χ0n) is 12.2. The maximum absolute atomic E-state index is 12.8. The van der Waals surface area contributed by atoms with E-state index < -0.39 is 0 Å². The van der Waals surface area contributed by atoms with Crippen molar-refractivity contribution in [2.24, 2.45) is 23.7 Å². The molecule has 4 unspecified atom stereocenters. The molecule has 2 amide bonds. The molecular formula is C17H16ClNO3. The van der Waals surface area contributed by atoms with Crippen LogP contribution in [0.4, 0.5) is 5.69 Å². The van der Waals surface area contributed by atoms with Crippen LogP contribution in [0.25, 0.3) is 0 Å². The molecule has 0 radical (unpaired) electrons. The Kier molecular flexibility index (Phi) is 3.05. The normalized spacial score (nSPS) is 32.5. The molecule has 1 aromatic carbocycles. The topological polar surface area (TPSA) is 46.6 Å². The molecule has 3 aliphatic carbocycles. The summed E-state index contributed by atoms with van der Waals surface area (Å²) in [5.41, 5.74) is 0.537. The van der Waals surface area contributed by atoms with Gasteiger partial charge in [0.25, 0.3) is 0 Å². The summed E-state index contributed by atoms with van der Waals surface area (Å²) in [5.74, 6) is 0.360. The summed E-state index contributed by atoms with van der Waals surface area (Å²) >= 11 is 6.14. The highest BCUT2D eigenvalue weighted by atomic mass is 35.5. The van der Waals surface area contributed by atoms with E-state index in [1.54, 1.807) is 18.2 Å². The van der Waals surface area contributed by atoms with Crippen LogP contribution in [0.1, 0.15) is 12.8 Å². The van der Waals surface area contributed by atoms with Gasteiger partial charge in [0.2, 0.25) is 11.8 Å². The van der Waals surface area contributed by atoms with Crippen molar-refractivity contribution in [1.29, 1.82) is 0 Å². The number of hydrogen-bond acceptors (Lipinski definition) is 3. The highest BCUT2D eigenvalue weighted by Crippen LogP contribution is 2.50. The van der Waals surface area contributed by atoms with Crippen molar-refractivity contribution in [1.82, 2.24) is 0 Å². The van der Waals surface area contributed by atoms with Gasteiger partial charge in [-0.05, 0) is 42.9 Å². The molecule has 1 saturated carbocycles. The first-order valence-corrected chi connectivity index (χ1v) is 7.89. The first-order valence-electron chi connectivity index (χ1n) is 7.51. The third-order valence-electron chi connectivity index (χ3n) is 5.15. The number of carbonyl (C=O) groups excluding carboxylic acids is 2. The molecule has 1 saturated heterocycles. The minimum atomic E-state index is -0.197. The number of ether oxygens (including phenoxy) is 1. The van der Waals surface area contributed by atoms with Gasteiger partial charge in [0.1, 0.15) is 5.75 Å². The van der Waals surface area contributed by atoms with Gasteiger partial charge in [0, 0.05) is 0 Å². The molecule has 114 valence electrons. The number of amides is 2. The number of allylic oxidation sites excluding steroid dienone is 2. The van der Waals surface area contributed by atoms with Gasteiger partial charge >= 0.3 is 0 Å². The number of halogens is 1. The quantitative estimate of drug-likeness (QED) is 0.622. The lowest BCUT2D eigenvalue weighted by Gasteiger charge is -2.38. The molecule has 1 heterocycles. The SMILES string of the molecule is COc1ccc(N2C(=O)C3C4C=CC(CC4)C3C2=O)cc1Cl. The van der Waals surface area contributed by atoms with Crippen molar-refractivity contribution in [2.75, 3.05) is 12.0 Å². The van der Waals surface area contributed by atoms with Crippen LogP contribution >= 0.6 is 11.6 Å². The van der Waals surface area contributed by atoms with Crippen LogP contribution in [-0.2, 0) is 9.59 Å². The van der Waals surface area contributed by atoms with E-state index in [1.807, 2.05) is 0 Å². The predicted octanol–water partition coefficient (Wildman–Crippen LogP) is 3.05. The molecule has 4 nitrogen and oxygen atoms in total. The Bertz CT molecular complexity index is 667. The van der Waals surface area contributed by atoms with Crippen molar-refractivity contribution in [2.45, 2.75) is 12.8 Å². The zero-order chi connectivity index (χ0) is 15.4. The van der Waals surface area contributed by atoms with Crippen LogP contribution in [0.5, 0.6) is 5.75 Å². The van der Waals surface area contributed by atoms with Gasteiger partial charge in [0.05, 0.1) is 29.7 Å². The van der Waals surface area contributed by atoms with Crippen LogP contribution in [0.2, 0.25) is 5.02 Å². The molecule has 5 rings (SSSR count). The molecule has 4 atom stereocenters. The molecular weight excluding hydrogens is 302 g/mol. The Hall–Kier alpha value is -1.81. The molecule has 5 heteroatoms. The second-order valence-electron chi connectivity index (χ2n) is 6.17. The van der Waals surface area contributed by atoms with Crippen molar-refractivity contribution in [3.8, 4) is 5.75 Å². The first-order chi connectivity index (χ1) is 10.6. The zero-order valence-corrected chi connectivity index (χ0v) is 12.9. The highest BCUT2D eigenvalue weighted by molar-refractivity contribution is 6.33. The number of fused-ring (bicyclic) bond motifs is 1. The number of methoxy groups -OCH3 is 1. The van der Waals surface area contributed by atoms with Gasteiger partial charge in [-0.15, -0.1) is 0 Å². The monoisotopic (exact) mass is 317 g/mol. The minimum absolute atomic E-state index is 0.0877. The van der Waals surface area contributed by atoms with Crippen LogP contribution in [0, 0.1) is 23.7 Å². The maximum Gasteiger partial charge on any atom is 0.238 e. The molecule has 0 aromatic heterocycles. The summed E-state index contributed by atoms with van der Waals surface area (Å²) < 4.78 is 5.12. The Morgan fingerprint density at radius 1 is 1.09 bits per heavy atom. The van der Waals surface area contributed by atoms with Crippen LogP contribution in [0.3, 0.4) is 0 Å². The largest absolute Gasteiger partial charge is 0.495 e. The molecule has 0 spiro atoms. The second kappa shape index (κ2) is 4.85. The molecule has 1 aromatic rings. The van der Waals surface area contributed by atoms with Crippen molar-refractivity contribution < 1.29 is 14.3 Å². The Balaban J connectivity index is 1.73. The number of rotatable bonds is 2. The van der Waals surface area contributed by atoms with Crippen molar-refractivity contribution >= 4 is 29.1 Å². The summed E-state index contributed by atoms with van der Waals surface area (Å²) in [7, 11) is 1.53. The lowest BCUT2D eigenvalue weighted by atomic mass is 9.63. The van der Waals surface area contributed by atoms with Gasteiger partial charge in [-0.3, -0.25) is 9.59 Å². The second-order valence-corrected chi connectivity index (χ2v) is 6.58. The van der Waals surface area contributed by atoms with E-state index in [0.717, 1.165) is 12.8 Å². The number of anilines is 1.